The zero-order valence-electron chi connectivity index (χ0n) is 15.9. The second-order valence-corrected chi connectivity index (χ2v) is 6.43. The fourth-order valence-corrected chi connectivity index (χ4v) is 2.47. The number of nitrogens with one attached hydrogen (secondary N) is 2. The van der Waals surface area contributed by atoms with Crippen molar-refractivity contribution >= 4 is 29.9 Å². The summed E-state index contributed by atoms with van der Waals surface area (Å²) in [5.74, 6) is 1.89. The maximum atomic E-state index is 14.4. The van der Waals surface area contributed by atoms with Crippen LogP contribution in [0.25, 0.3) is 5.69 Å². The molecule has 7 heteroatoms. The average Bonchev–Trinajstić information content (AvgIpc) is 2.98. The minimum atomic E-state index is -0.272. The molecule has 1 heterocycles. The van der Waals surface area contributed by atoms with Gasteiger partial charge in [0.25, 0.3) is 0 Å². The molecule has 0 aliphatic rings. The molecule has 2 aromatic rings. The lowest BCUT2D eigenvalue weighted by Gasteiger charge is -2.12. The second-order valence-electron chi connectivity index (χ2n) is 6.43. The van der Waals surface area contributed by atoms with Crippen LogP contribution in [0.4, 0.5) is 4.39 Å². The molecule has 0 atom stereocenters. The van der Waals surface area contributed by atoms with Crippen molar-refractivity contribution in [3.63, 3.8) is 0 Å². The lowest BCUT2D eigenvalue weighted by atomic mass is 10.1. The highest BCUT2D eigenvalue weighted by Gasteiger charge is 2.08. The van der Waals surface area contributed by atoms with Crippen molar-refractivity contribution in [2.45, 2.75) is 40.7 Å². The van der Waals surface area contributed by atoms with Gasteiger partial charge < -0.3 is 15.2 Å². The summed E-state index contributed by atoms with van der Waals surface area (Å²) in [5, 5.41) is 6.53. The van der Waals surface area contributed by atoms with Crippen molar-refractivity contribution in [1.82, 2.24) is 20.2 Å². The molecule has 0 bridgehead atoms. The van der Waals surface area contributed by atoms with E-state index in [0.29, 0.717) is 18.2 Å². The zero-order valence-corrected chi connectivity index (χ0v) is 18.3. The van der Waals surface area contributed by atoms with E-state index in [1.165, 1.54) is 6.07 Å². The Morgan fingerprint density at radius 2 is 2.08 bits per heavy atom. The van der Waals surface area contributed by atoms with Gasteiger partial charge in [-0.2, -0.15) is 0 Å². The third kappa shape index (κ3) is 6.59. The molecule has 0 amide bonds. The van der Waals surface area contributed by atoms with Gasteiger partial charge in [0.15, 0.2) is 5.96 Å². The fraction of sp³-hybridized carbons (Fsp3) is 0.474. The van der Waals surface area contributed by atoms with Gasteiger partial charge in [-0.05, 0) is 43.9 Å². The smallest absolute Gasteiger partial charge is 0.191 e. The molecule has 0 saturated heterocycles. The lowest BCUT2D eigenvalue weighted by Crippen LogP contribution is -2.38. The van der Waals surface area contributed by atoms with Crippen LogP contribution in [0.15, 0.2) is 35.6 Å². The molecule has 0 spiro atoms. The number of rotatable bonds is 7. The van der Waals surface area contributed by atoms with E-state index in [4.69, 9.17) is 0 Å². The third-order valence-electron chi connectivity index (χ3n) is 3.88. The molecule has 1 aromatic carbocycles. The summed E-state index contributed by atoms with van der Waals surface area (Å²) in [5.41, 5.74) is 1.34. The number of aliphatic imine (C=N–C) groups is 1. The first-order valence-corrected chi connectivity index (χ1v) is 8.82. The van der Waals surface area contributed by atoms with E-state index in [1.807, 2.05) is 19.9 Å². The number of imidazole rings is 1. The Bertz CT molecular complexity index is 712. The van der Waals surface area contributed by atoms with Gasteiger partial charge in [0, 0.05) is 25.5 Å². The second kappa shape index (κ2) is 11.2. The summed E-state index contributed by atoms with van der Waals surface area (Å²) in [6.07, 6.45) is 4.50. The van der Waals surface area contributed by atoms with Crippen LogP contribution in [-0.4, -0.2) is 28.6 Å². The Morgan fingerprint density at radius 1 is 1.31 bits per heavy atom. The number of aryl methyl sites for hydroxylation is 1. The largest absolute Gasteiger partial charge is 0.357 e. The molecule has 2 N–H and O–H groups in total. The number of benzene rings is 1. The first-order chi connectivity index (χ1) is 12.0. The highest BCUT2D eigenvalue weighted by atomic mass is 127. The van der Waals surface area contributed by atoms with Crippen LogP contribution >= 0.6 is 24.0 Å². The quantitative estimate of drug-likeness (QED) is 0.363. The van der Waals surface area contributed by atoms with Gasteiger partial charge in [0.2, 0.25) is 0 Å². The van der Waals surface area contributed by atoms with Crippen LogP contribution in [0.2, 0.25) is 0 Å². The van der Waals surface area contributed by atoms with Crippen LogP contribution in [0.5, 0.6) is 0 Å². The van der Waals surface area contributed by atoms with Crippen LogP contribution in [-0.2, 0) is 6.54 Å². The van der Waals surface area contributed by atoms with Gasteiger partial charge in [-0.1, -0.05) is 19.9 Å². The molecular weight excluding hydrogens is 444 g/mol. The topological polar surface area (TPSA) is 54.2 Å². The van der Waals surface area contributed by atoms with E-state index in [2.05, 4.69) is 34.5 Å². The molecule has 0 fully saturated rings. The molecule has 0 aliphatic heterocycles. The van der Waals surface area contributed by atoms with E-state index >= 15 is 0 Å². The molecule has 0 radical (unpaired) electrons. The minimum absolute atomic E-state index is 0. The van der Waals surface area contributed by atoms with Crippen LogP contribution in [0.3, 0.4) is 0 Å². The number of guanidine groups is 1. The van der Waals surface area contributed by atoms with E-state index in [0.717, 1.165) is 36.9 Å². The Labute approximate surface area is 172 Å². The van der Waals surface area contributed by atoms with E-state index in [1.54, 1.807) is 23.0 Å². The maximum Gasteiger partial charge on any atom is 0.191 e. The van der Waals surface area contributed by atoms with Gasteiger partial charge in [0.1, 0.15) is 11.6 Å². The number of hydrogen-bond donors (Lipinski definition) is 2. The first-order valence-electron chi connectivity index (χ1n) is 8.82. The van der Waals surface area contributed by atoms with E-state index in [9.17, 15) is 4.39 Å². The maximum absolute atomic E-state index is 14.4. The predicted molar refractivity (Wildman–Crippen MR) is 116 cm³/mol. The molecule has 2 rings (SSSR count). The third-order valence-corrected chi connectivity index (χ3v) is 3.88. The SMILES string of the molecule is CCNC(=NCc1ccc(-n2ccnc2C)c(F)c1)NCCC(C)C.I. The Balaban J connectivity index is 0.00000338. The molecule has 144 valence electrons. The summed E-state index contributed by atoms with van der Waals surface area (Å²) in [6, 6.07) is 5.21. The molecule has 0 aliphatic carbocycles. The van der Waals surface area contributed by atoms with E-state index < -0.39 is 0 Å². The van der Waals surface area contributed by atoms with Gasteiger partial charge in [0.05, 0.1) is 12.2 Å². The van der Waals surface area contributed by atoms with Crippen molar-refractivity contribution in [2.75, 3.05) is 13.1 Å². The van der Waals surface area contributed by atoms with Crippen molar-refractivity contribution in [3.05, 3.63) is 47.8 Å². The van der Waals surface area contributed by atoms with Crippen molar-refractivity contribution in [1.29, 1.82) is 0 Å². The van der Waals surface area contributed by atoms with Gasteiger partial charge >= 0.3 is 0 Å². The average molecular weight is 473 g/mol. The molecule has 0 unspecified atom stereocenters. The van der Waals surface area contributed by atoms with Crippen molar-refractivity contribution in [2.24, 2.45) is 10.9 Å². The van der Waals surface area contributed by atoms with E-state index in [-0.39, 0.29) is 29.8 Å². The normalized spacial score (nSPS) is 11.4. The Hall–Kier alpha value is -1.64. The standard InChI is InChI=1S/C19H28FN5.HI/c1-5-21-19(23-9-8-14(2)3)24-13-16-6-7-18(17(20)12-16)25-11-10-22-15(25)4;/h6-7,10-12,14H,5,8-9,13H2,1-4H3,(H2,21,23,24);1H. The monoisotopic (exact) mass is 473 g/mol. The molecule has 1 aromatic heterocycles. The van der Waals surface area contributed by atoms with Crippen LogP contribution in [0, 0.1) is 18.7 Å². The van der Waals surface area contributed by atoms with Crippen molar-refractivity contribution in [3.8, 4) is 5.69 Å². The fourth-order valence-electron chi connectivity index (χ4n) is 2.47. The van der Waals surface area contributed by atoms with Gasteiger partial charge in [-0.25, -0.2) is 14.4 Å². The minimum Gasteiger partial charge on any atom is -0.357 e. The van der Waals surface area contributed by atoms with Crippen LogP contribution < -0.4 is 10.6 Å². The number of hydrogen-bond acceptors (Lipinski definition) is 2. The van der Waals surface area contributed by atoms with Crippen LogP contribution in [0.1, 0.15) is 38.6 Å². The Morgan fingerprint density at radius 3 is 2.65 bits per heavy atom. The summed E-state index contributed by atoms with van der Waals surface area (Å²) in [6.45, 7) is 10.4. The molecule has 5 nitrogen and oxygen atoms in total. The van der Waals surface area contributed by atoms with Crippen molar-refractivity contribution < 1.29 is 4.39 Å². The molecule has 26 heavy (non-hydrogen) atoms. The van der Waals surface area contributed by atoms with Gasteiger partial charge in [-0.15, -0.1) is 24.0 Å². The molecule has 0 saturated carbocycles. The van der Waals surface area contributed by atoms with Gasteiger partial charge in [-0.3, -0.25) is 0 Å². The number of nitrogens with zero attached hydrogens (tertiary/aromatic N) is 3. The lowest BCUT2D eigenvalue weighted by molar-refractivity contribution is 0.573. The first kappa shape index (κ1) is 22.4. The summed E-state index contributed by atoms with van der Waals surface area (Å²) in [4.78, 5) is 8.68. The molecular formula is C19H29FIN5. The highest BCUT2D eigenvalue weighted by Crippen LogP contribution is 2.17. The summed E-state index contributed by atoms with van der Waals surface area (Å²) < 4.78 is 16.2. The summed E-state index contributed by atoms with van der Waals surface area (Å²) >= 11 is 0. The Kier molecular flexibility index (Phi) is 9.61. The number of halogens is 2. The number of aromatic nitrogens is 2. The summed E-state index contributed by atoms with van der Waals surface area (Å²) in [7, 11) is 0. The zero-order chi connectivity index (χ0) is 18.2. The highest BCUT2D eigenvalue weighted by molar-refractivity contribution is 14.0. The predicted octanol–water partition coefficient (Wildman–Crippen LogP) is 4.04.